The van der Waals surface area contributed by atoms with Gasteiger partial charge in [-0.25, -0.2) is 4.31 Å². The molecule has 0 unspecified atom stereocenters. The number of rotatable bonds is 3. The summed E-state index contributed by atoms with van der Waals surface area (Å²) >= 11 is 5.94. The standard InChI is InChI=1S/C8H15ClN2O3S/c1-8(2,9)4-5-11-7(12)6-10(3)15(11,13)14/h4-6H2,1-3H3. The van der Waals surface area contributed by atoms with Crippen LogP contribution >= 0.6 is 11.6 Å². The van der Waals surface area contributed by atoms with Crippen LogP contribution < -0.4 is 0 Å². The smallest absolute Gasteiger partial charge is 0.272 e. The van der Waals surface area contributed by atoms with Gasteiger partial charge >= 0.3 is 10.2 Å². The molecule has 0 aromatic carbocycles. The summed E-state index contributed by atoms with van der Waals surface area (Å²) in [7, 11) is -2.19. The molecule has 0 radical (unpaired) electrons. The van der Waals surface area contributed by atoms with Crippen molar-refractivity contribution in [1.29, 1.82) is 0 Å². The fraction of sp³-hybridized carbons (Fsp3) is 0.875. The van der Waals surface area contributed by atoms with Gasteiger partial charge in [-0.15, -0.1) is 11.6 Å². The molecule has 0 aliphatic carbocycles. The van der Waals surface area contributed by atoms with Crippen LogP contribution in [0.3, 0.4) is 0 Å². The van der Waals surface area contributed by atoms with Crippen molar-refractivity contribution in [3.8, 4) is 0 Å². The van der Waals surface area contributed by atoms with Crippen LogP contribution in [-0.2, 0) is 15.0 Å². The van der Waals surface area contributed by atoms with E-state index in [-0.39, 0.29) is 13.1 Å². The van der Waals surface area contributed by atoms with Crippen molar-refractivity contribution in [3.63, 3.8) is 0 Å². The third kappa shape index (κ3) is 2.83. The monoisotopic (exact) mass is 254 g/mol. The van der Waals surface area contributed by atoms with Crippen molar-refractivity contribution >= 4 is 27.7 Å². The normalized spacial score (nSPS) is 22.4. The fourth-order valence-corrected chi connectivity index (χ4v) is 2.59. The molecule has 0 saturated carbocycles. The Morgan fingerprint density at radius 2 is 2.00 bits per heavy atom. The van der Waals surface area contributed by atoms with Crippen molar-refractivity contribution in [3.05, 3.63) is 0 Å². The van der Waals surface area contributed by atoms with Gasteiger partial charge in [0.05, 0.1) is 6.54 Å². The lowest BCUT2D eigenvalue weighted by Crippen LogP contribution is -2.35. The number of carbonyl (C=O) groups excluding carboxylic acids is 1. The number of amides is 1. The number of hydrogen-bond acceptors (Lipinski definition) is 3. The SMILES string of the molecule is CN1CC(=O)N(CCC(C)(C)Cl)S1(=O)=O. The van der Waals surface area contributed by atoms with Crippen LogP contribution in [-0.4, -0.2) is 47.9 Å². The zero-order valence-corrected chi connectivity index (χ0v) is 10.6. The molecule has 15 heavy (non-hydrogen) atoms. The molecule has 1 fully saturated rings. The van der Waals surface area contributed by atoms with Gasteiger partial charge in [-0.2, -0.15) is 12.7 Å². The van der Waals surface area contributed by atoms with Gasteiger partial charge in [-0.3, -0.25) is 4.79 Å². The Hall–Kier alpha value is -0.330. The van der Waals surface area contributed by atoms with Crippen molar-refractivity contribution in [2.75, 3.05) is 20.1 Å². The molecule has 0 aromatic rings. The Morgan fingerprint density at radius 3 is 2.33 bits per heavy atom. The Balaban J connectivity index is 2.74. The van der Waals surface area contributed by atoms with E-state index in [1.807, 2.05) is 0 Å². The van der Waals surface area contributed by atoms with Gasteiger partial charge < -0.3 is 0 Å². The number of halogens is 1. The van der Waals surface area contributed by atoms with E-state index in [0.29, 0.717) is 6.42 Å². The van der Waals surface area contributed by atoms with Crippen LogP contribution in [0.15, 0.2) is 0 Å². The second kappa shape index (κ2) is 3.92. The topological polar surface area (TPSA) is 57.7 Å². The summed E-state index contributed by atoms with van der Waals surface area (Å²) in [5.74, 6) is -0.390. The van der Waals surface area contributed by atoms with Gasteiger partial charge in [0, 0.05) is 18.5 Å². The highest BCUT2D eigenvalue weighted by Gasteiger charge is 2.40. The highest BCUT2D eigenvalue weighted by molar-refractivity contribution is 7.87. The summed E-state index contributed by atoms with van der Waals surface area (Å²) in [5, 5.41) is 0. The van der Waals surface area contributed by atoms with E-state index >= 15 is 0 Å². The Morgan fingerprint density at radius 1 is 1.47 bits per heavy atom. The summed E-state index contributed by atoms with van der Waals surface area (Å²) in [4.78, 5) is 10.9. The van der Waals surface area contributed by atoms with Crippen molar-refractivity contribution in [1.82, 2.24) is 8.61 Å². The van der Waals surface area contributed by atoms with Crippen LogP contribution in [0.1, 0.15) is 20.3 Å². The molecule has 1 heterocycles. The summed E-state index contributed by atoms with van der Waals surface area (Å²) < 4.78 is 25.1. The zero-order valence-electron chi connectivity index (χ0n) is 9.03. The van der Waals surface area contributed by atoms with E-state index < -0.39 is 21.0 Å². The third-order valence-corrected chi connectivity index (χ3v) is 4.27. The maximum absolute atomic E-state index is 11.6. The number of carbonyl (C=O) groups is 1. The first kappa shape index (κ1) is 12.7. The third-order valence-electron chi connectivity index (χ3n) is 2.22. The predicted molar refractivity (Wildman–Crippen MR) is 57.8 cm³/mol. The number of hydrogen-bond donors (Lipinski definition) is 0. The molecule has 0 N–H and O–H groups in total. The molecule has 0 spiro atoms. The van der Waals surface area contributed by atoms with Crippen molar-refractivity contribution in [2.45, 2.75) is 25.1 Å². The molecular weight excluding hydrogens is 240 g/mol. The average molecular weight is 255 g/mol. The van der Waals surface area contributed by atoms with Gasteiger partial charge in [0.2, 0.25) is 0 Å². The van der Waals surface area contributed by atoms with Crippen LogP contribution in [0.25, 0.3) is 0 Å². The first-order valence-corrected chi connectivity index (χ1v) is 6.38. The molecule has 0 atom stereocenters. The molecule has 5 nitrogen and oxygen atoms in total. The average Bonchev–Trinajstić information content (AvgIpc) is 2.18. The second-order valence-corrected chi connectivity index (χ2v) is 7.18. The van der Waals surface area contributed by atoms with Gasteiger partial charge in [0.25, 0.3) is 5.91 Å². The van der Waals surface area contributed by atoms with Crippen LogP contribution in [0, 0.1) is 0 Å². The Labute approximate surface area is 95.2 Å². The molecule has 1 aliphatic heterocycles. The lowest BCUT2D eigenvalue weighted by Gasteiger charge is -2.20. The number of likely N-dealkylation sites (N-methyl/N-ethyl adjacent to an activating group) is 1. The van der Waals surface area contributed by atoms with E-state index in [1.54, 1.807) is 13.8 Å². The number of alkyl halides is 1. The van der Waals surface area contributed by atoms with E-state index in [0.717, 1.165) is 8.61 Å². The van der Waals surface area contributed by atoms with E-state index in [1.165, 1.54) is 7.05 Å². The first-order chi connectivity index (χ1) is 6.64. The van der Waals surface area contributed by atoms with Gasteiger partial charge in [0.1, 0.15) is 0 Å². The molecule has 1 saturated heterocycles. The molecule has 0 bridgehead atoms. The van der Waals surface area contributed by atoms with E-state index in [2.05, 4.69) is 0 Å². The largest absolute Gasteiger partial charge is 0.306 e. The van der Waals surface area contributed by atoms with Gasteiger partial charge in [-0.1, -0.05) is 0 Å². The predicted octanol–water partition coefficient (Wildman–Crippen LogP) is 0.413. The van der Waals surface area contributed by atoms with E-state index in [9.17, 15) is 13.2 Å². The minimum absolute atomic E-state index is 0.0783. The fourth-order valence-electron chi connectivity index (χ4n) is 1.26. The molecule has 1 aliphatic rings. The molecule has 0 aromatic heterocycles. The molecule has 7 heteroatoms. The summed E-state index contributed by atoms with van der Waals surface area (Å²) in [6, 6.07) is 0. The van der Waals surface area contributed by atoms with Gasteiger partial charge in [-0.05, 0) is 20.3 Å². The van der Waals surface area contributed by atoms with Gasteiger partial charge in [0.15, 0.2) is 0 Å². The quantitative estimate of drug-likeness (QED) is 0.686. The zero-order chi connectivity index (χ0) is 11.9. The lowest BCUT2D eigenvalue weighted by molar-refractivity contribution is -0.124. The van der Waals surface area contributed by atoms with Crippen molar-refractivity contribution in [2.24, 2.45) is 0 Å². The number of nitrogens with zero attached hydrogens (tertiary/aromatic N) is 2. The minimum Gasteiger partial charge on any atom is -0.272 e. The summed E-state index contributed by atoms with van der Waals surface area (Å²) in [5.41, 5.74) is 0. The van der Waals surface area contributed by atoms with Crippen LogP contribution in [0.2, 0.25) is 0 Å². The minimum atomic E-state index is -3.58. The summed E-state index contributed by atoms with van der Waals surface area (Å²) in [6.45, 7) is 3.63. The summed E-state index contributed by atoms with van der Waals surface area (Å²) in [6.07, 6.45) is 0.438. The molecule has 88 valence electrons. The maximum Gasteiger partial charge on any atom is 0.306 e. The highest BCUT2D eigenvalue weighted by Crippen LogP contribution is 2.22. The Bertz CT molecular complexity index is 361. The van der Waals surface area contributed by atoms with Crippen LogP contribution in [0.4, 0.5) is 0 Å². The Kier molecular flexibility index (Phi) is 3.33. The lowest BCUT2D eigenvalue weighted by atomic mass is 10.1. The molecular formula is C8H15ClN2O3S. The first-order valence-electron chi connectivity index (χ1n) is 4.60. The second-order valence-electron chi connectivity index (χ2n) is 4.20. The van der Waals surface area contributed by atoms with Crippen LogP contribution in [0.5, 0.6) is 0 Å². The molecule has 1 rings (SSSR count). The highest BCUT2D eigenvalue weighted by atomic mass is 35.5. The van der Waals surface area contributed by atoms with E-state index in [4.69, 9.17) is 11.6 Å². The molecule has 1 amide bonds. The maximum atomic E-state index is 11.6. The van der Waals surface area contributed by atoms with Crippen molar-refractivity contribution < 1.29 is 13.2 Å².